The molecule has 0 bridgehead atoms. The van der Waals surface area contributed by atoms with Crippen molar-refractivity contribution >= 4 is 46.0 Å². The van der Waals surface area contributed by atoms with E-state index in [1.807, 2.05) is 62.4 Å². The second-order valence-corrected chi connectivity index (χ2v) is 9.56. The number of amides is 2. The lowest BCUT2D eigenvalue weighted by Gasteiger charge is -2.27. The van der Waals surface area contributed by atoms with Crippen molar-refractivity contribution in [3.05, 3.63) is 59.7 Å². The van der Waals surface area contributed by atoms with Gasteiger partial charge in [-0.15, -0.1) is 0 Å². The molecule has 0 saturated carbocycles. The predicted molar refractivity (Wildman–Crippen MR) is 127 cm³/mol. The molecule has 7 heteroatoms. The van der Waals surface area contributed by atoms with E-state index < -0.39 is 11.3 Å². The van der Waals surface area contributed by atoms with Crippen molar-refractivity contribution in [2.24, 2.45) is 15.9 Å². The van der Waals surface area contributed by atoms with Gasteiger partial charge >= 0.3 is 0 Å². The Hall–Kier alpha value is -2.93. The van der Waals surface area contributed by atoms with Crippen molar-refractivity contribution in [1.29, 1.82) is 0 Å². The average molecular weight is 435 g/mol. The zero-order valence-corrected chi connectivity index (χ0v) is 18.9. The number of rotatable bonds is 5. The highest BCUT2D eigenvalue weighted by atomic mass is 32.2. The minimum Gasteiger partial charge on any atom is -0.325 e. The Morgan fingerprint density at radius 3 is 2.58 bits per heavy atom. The molecule has 0 unspecified atom stereocenters. The van der Waals surface area contributed by atoms with Crippen LogP contribution in [-0.4, -0.2) is 39.0 Å². The summed E-state index contributed by atoms with van der Waals surface area (Å²) >= 11 is 1.28. The molecule has 2 aliphatic heterocycles. The summed E-state index contributed by atoms with van der Waals surface area (Å²) in [6.45, 7) is 7.95. The summed E-state index contributed by atoms with van der Waals surface area (Å²) in [7, 11) is 0. The van der Waals surface area contributed by atoms with Gasteiger partial charge in [0.15, 0.2) is 5.17 Å². The second kappa shape index (κ2) is 8.67. The highest BCUT2D eigenvalue weighted by molar-refractivity contribution is 8.15. The second-order valence-electron chi connectivity index (χ2n) is 8.25. The van der Waals surface area contributed by atoms with Crippen LogP contribution in [0.3, 0.4) is 0 Å². The van der Waals surface area contributed by atoms with Crippen LogP contribution in [0.5, 0.6) is 0 Å². The molecule has 2 aliphatic rings. The molecule has 2 aromatic rings. The predicted octanol–water partition coefficient (Wildman–Crippen LogP) is 4.76. The molecule has 160 valence electrons. The van der Waals surface area contributed by atoms with Crippen molar-refractivity contribution < 1.29 is 9.59 Å². The van der Waals surface area contributed by atoms with E-state index >= 15 is 0 Å². The smallest absolute Gasteiger partial charge is 0.259 e. The summed E-state index contributed by atoms with van der Waals surface area (Å²) in [5, 5.41) is 3.03. The van der Waals surface area contributed by atoms with Crippen LogP contribution in [0.2, 0.25) is 0 Å². The fourth-order valence-electron chi connectivity index (χ4n) is 3.64. The Balaban J connectivity index is 1.60. The van der Waals surface area contributed by atoms with Gasteiger partial charge in [-0.1, -0.05) is 55.9 Å². The zero-order valence-electron chi connectivity index (χ0n) is 18.1. The van der Waals surface area contributed by atoms with E-state index in [9.17, 15) is 9.59 Å². The summed E-state index contributed by atoms with van der Waals surface area (Å²) in [6, 6.07) is 14.9. The number of anilines is 1. The van der Waals surface area contributed by atoms with Crippen molar-refractivity contribution in [2.45, 2.75) is 45.4 Å². The first-order chi connectivity index (χ1) is 14.8. The number of carbonyl (C=O) groups is 2. The third-order valence-corrected chi connectivity index (χ3v) is 6.35. The maximum Gasteiger partial charge on any atom is 0.259 e. The van der Waals surface area contributed by atoms with E-state index in [0.29, 0.717) is 23.3 Å². The number of thioether (sulfide) groups is 1. The maximum atomic E-state index is 13.2. The van der Waals surface area contributed by atoms with E-state index in [4.69, 9.17) is 9.98 Å². The summed E-state index contributed by atoms with van der Waals surface area (Å²) in [5.41, 5.74) is 3.40. The van der Waals surface area contributed by atoms with Crippen LogP contribution in [0.25, 0.3) is 0 Å². The maximum absolute atomic E-state index is 13.2. The number of aliphatic imine (C=N–C) groups is 2. The van der Waals surface area contributed by atoms with Crippen LogP contribution in [0, 0.1) is 12.8 Å². The number of para-hydroxylation sites is 2. The number of carbonyl (C=O) groups excluding carboxylic acids is 2. The van der Waals surface area contributed by atoms with Crippen molar-refractivity contribution in [1.82, 2.24) is 4.90 Å². The van der Waals surface area contributed by atoms with Crippen molar-refractivity contribution in [2.75, 3.05) is 5.32 Å². The number of hydrogen-bond donors (Lipinski definition) is 1. The van der Waals surface area contributed by atoms with E-state index in [0.717, 1.165) is 22.5 Å². The molecule has 2 amide bonds. The van der Waals surface area contributed by atoms with Crippen molar-refractivity contribution in [3.63, 3.8) is 0 Å². The molecule has 0 aliphatic carbocycles. The fraction of sp³-hybridized carbons (Fsp3) is 0.333. The molecule has 2 aromatic carbocycles. The number of benzene rings is 2. The SMILES string of the molecule is Cc1ccccc1NC(=O)[C@@H](C)SC1=Nc2ccccc2C2=N[C@H](CC(C)C)C(=O)N12. The molecule has 2 atom stereocenters. The Morgan fingerprint density at radius 2 is 1.84 bits per heavy atom. The molecular formula is C24H26N4O2S. The molecular weight excluding hydrogens is 408 g/mol. The number of aryl methyl sites for hydroxylation is 1. The monoisotopic (exact) mass is 434 g/mol. The third-order valence-electron chi connectivity index (χ3n) is 5.30. The first kappa shape index (κ1) is 21.3. The van der Waals surface area contributed by atoms with Crippen LogP contribution in [0.1, 0.15) is 38.3 Å². The Morgan fingerprint density at radius 1 is 1.13 bits per heavy atom. The minimum atomic E-state index is -0.443. The number of hydrogen-bond acceptors (Lipinski definition) is 5. The van der Waals surface area contributed by atoms with E-state index in [2.05, 4.69) is 19.2 Å². The first-order valence-electron chi connectivity index (χ1n) is 10.5. The lowest BCUT2D eigenvalue weighted by Crippen LogP contribution is -2.42. The van der Waals surface area contributed by atoms with Crippen LogP contribution >= 0.6 is 11.8 Å². The van der Waals surface area contributed by atoms with Gasteiger partial charge in [-0.2, -0.15) is 0 Å². The third kappa shape index (κ3) is 4.28. The van der Waals surface area contributed by atoms with Gasteiger partial charge in [0.25, 0.3) is 5.91 Å². The minimum absolute atomic E-state index is 0.0732. The van der Waals surface area contributed by atoms with Gasteiger partial charge in [-0.05, 0) is 49.9 Å². The average Bonchev–Trinajstić information content (AvgIpc) is 3.06. The molecule has 0 aromatic heterocycles. The lowest BCUT2D eigenvalue weighted by atomic mass is 10.0. The molecule has 6 nitrogen and oxygen atoms in total. The molecule has 0 saturated heterocycles. The first-order valence-corrected chi connectivity index (χ1v) is 11.4. The van der Waals surface area contributed by atoms with Gasteiger partial charge in [0.2, 0.25) is 5.91 Å². The van der Waals surface area contributed by atoms with Crippen LogP contribution < -0.4 is 5.32 Å². The molecule has 31 heavy (non-hydrogen) atoms. The molecule has 2 heterocycles. The molecule has 1 N–H and O–H groups in total. The normalized spacial score (nSPS) is 18.3. The van der Waals surface area contributed by atoms with Gasteiger partial charge in [0, 0.05) is 11.3 Å². The van der Waals surface area contributed by atoms with Crippen LogP contribution in [-0.2, 0) is 9.59 Å². The number of fused-ring (bicyclic) bond motifs is 3. The van der Waals surface area contributed by atoms with Crippen LogP contribution in [0.4, 0.5) is 11.4 Å². The molecule has 0 radical (unpaired) electrons. The van der Waals surface area contributed by atoms with Crippen LogP contribution in [0.15, 0.2) is 58.5 Å². The highest BCUT2D eigenvalue weighted by Crippen LogP contribution is 2.35. The fourth-order valence-corrected chi connectivity index (χ4v) is 4.56. The van der Waals surface area contributed by atoms with Gasteiger partial charge < -0.3 is 5.32 Å². The summed E-state index contributed by atoms with van der Waals surface area (Å²) in [6.07, 6.45) is 0.683. The van der Waals surface area contributed by atoms with Crippen molar-refractivity contribution in [3.8, 4) is 0 Å². The molecule has 4 rings (SSSR count). The number of nitrogens with one attached hydrogen (secondary N) is 1. The standard InChI is InChI=1S/C24H26N4O2S/c1-14(2)13-20-23(30)28-21(25-20)17-10-6-8-12-19(17)27-24(28)31-16(4)22(29)26-18-11-7-5-9-15(18)3/h5-12,14,16,20H,13H2,1-4H3,(H,26,29)/t16-,20-/m1/s1. The van der Waals surface area contributed by atoms with Gasteiger partial charge in [0.05, 0.1) is 10.9 Å². The summed E-state index contributed by atoms with van der Waals surface area (Å²) in [5.74, 6) is 0.776. The Labute approximate surface area is 186 Å². The van der Waals surface area contributed by atoms with E-state index in [1.54, 1.807) is 4.90 Å². The quantitative estimate of drug-likeness (QED) is 0.737. The number of nitrogens with zero attached hydrogens (tertiary/aromatic N) is 3. The lowest BCUT2D eigenvalue weighted by molar-refractivity contribution is -0.125. The van der Waals surface area contributed by atoms with Gasteiger partial charge in [-0.25, -0.2) is 9.89 Å². The molecule has 0 spiro atoms. The zero-order chi connectivity index (χ0) is 22.1. The summed E-state index contributed by atoms with van der Waals surface area (Å²) < 4.78 is 0. The van der Waals surface area contributed by atoms with E-state index in [-0.39, 0.29) is 11.8 Å². The number of amidine groups is 2. The largest absolute Gasteiger partial charge is 0.325 e. The van der Waals surface area contributed by atoms with Gasteiger partial charge in [-0.3, -0.25) is 14.6 Å². The summed E-state index contributed by atoms with van der Waals surface area (Å²) in [4.78, 5) is 37.1. The highest BCUT2D eigenvalue weighted by Gasteiger charge is 2.42. The molecule has 0 fully saturated rings. The Bertz CT molecular complexity index is 1090. The Kier molecular flexibility index (Phi) is 5.96. The van der Waals surface area contributed by atoms with E-state index in [1.165, 1.54) is 11.8 Å². The van der Waals surface area contributed by atoms with Gasteiger partial charge in [0.1, 0.15) is 11.9 Å². The topological polar surface area (TPSA) is 74.1 Å².